The highest BCUT2D eigenvalue weighted by molar-refractivity contribution is 6.02. The maximum Gasteiger partial charge on any atom is 0.253 e. The van der Waals surface area contributed by atoms with E-state index in [-0.39, 0.29) is 11.8 Å². The quantitative estimate of drug-likeness (QED) is 0.468. The van der Waals surface area contributed by atoms with Gasteiger partial charge in [0, 0.05) is 30.4 Å². The zero-order chi connectivity index (χ0) is 21.9. The predicted octanol–water partition coefficient (Wildman–Crippen LogP) is 4.39. The first kappa shape index (κ1) is 22.7. The van der Waals surface area contributed by atoms with E-state index >= 15 is 0 Å². The summed E-state index contributed by atoms with van der Waals surface area (Å²) >= 11 is 0. The lowest BCUT2D eigenvalue weighted by molar-refractivity contribution is -0.111. The monoisotopic (exact) mass is 408 g/mol. The molecule has 0 atom stereocenters. The minimum Gasteiger partial charge on any atom is -0.493 e. The molecule has 30 heavy (non-hydrogen) atoms. The van der Waals surface area contributed by atoms with Crippen LogP contribution in [0.3, 0.4) is 0 Å². The van der Waals surface area contributed by atoms with Crippen LogP contribution in [-0.2, 0) is 4.79 Å². The van der Waals surface area contributed by atoms with Crippen molar-refractivity contribution >= 4 is 23.6 Å². The van der Waals surface area contributed by atoms with E-state index in [1.54, 1.807) is 60.6 Å². The third-order valence-electron chi connectivity index (χ3n) is 4.42. The van der Waals surface area contributed by atoms with E-state index in [4.69, 9.17) is 9.47 Å². The number of methoxy groups -OCH3 is 1. The second kappa shape index (κ2) is 11.5. The van der Waals surface area contributed by atoms with Crippen LogP contribution in [0.15, 0.2) is 61.2 Å². The van der Waals surface area contributed by atoms with Crippen molar-refractivity contribution in [2.45, 2.75) is 13.8 Å². The lowest BCUT2D eigenvalue weighted by atomic mass is 10.1. The maximum atomic E-state index is 12.3. The number of hydrogen-bond donors (Lipinski definition) is 1. The second-order valence-electron chi connectivity index (χ2n) is 6.39. The molecule has 6 heteroatoms. The van der Waals surface area contributed by atoms with Crippen molar-refractivity contribution in [2.24, 2.45) is 0 Å². The van der Waals surface area contributed by atoms with Crippen molar-refractivity contribution in [1.29, 1.82) is 0 Å². The van der Waals surface area contributed by atoms with Crippen LogP contribution in [-0.4, -0.2) is 43.5 Å². The fourth-order valence-electron chi connectivity index (χ4n) is 2.80. The first-order valence-corrected chi connectivity index (χ1v) is 9.82. The summed E-state index contributed by atoms with van der Waals surface area (Å²) in [6.45, 7) is 9.21. The van der Waals surface area contributed by atoms with Gasteiger partial charge in [-0.25, -0.2) is 0 Å². The Hall–Kier alpha value is -3.54. The number of rotatable bonds is 10. The van der Waals surface area contributed by atoms with Gasteiger partial charge >= 0.3 is 0 Å². The van der Waals surface area contributed by atoms with E-state index in [0.29, 0.717) is 42.4 Å². The Labute approximate surface area is 177 Å². The molecule has 0 saturated carbocycles. The molecule has 0 spiro atoms. The van der Waals surface area contributed by atoms with Crippen LogP contribution in [0.5, 0.6) is 11.5 Å². The number of carbonyl (C=O) groups excluding carboxylic acids is 2. The lowest BCUT2D eigenvalue weighted by Crippen LogP contribution is -2.30. The average Bonchev–Trinajstić information content (AvgIpc) is 2.77. The van der Waals surface area contributed by atoms with Crippen LogP contribution in [0.4, 0.5) is 5.69 Å². The van der Waals surface area contributed by atoms with E-state index < -0.39 is 0 Å². The fraction of sp³-hybridized carbons (Fsp3) is 0.250. The molecule has 0 bridgehead atoms. The molecule has 158 valence electrons. The summed E-state index contributed by atoms with van der Waals surface area (Å²) in [5, 5.41) is 2.79. The number of nitrogens with zero attached hydrogens (tertiary/aromatic N) is 1. The van der Waals surface area contributed by atoms with Crippen LogP contribution >= 0.6 is 0 Å². The molecule has 2 aromatic rings. The van der Waals surface area contributed by atoms with E-state index in [0.717, 1.165) is 5.56 Å². The number of amides is 2. The first-order valence-electron chi connectivity index (χ1n) is 9.82. The summed E-state index contributed by atoms with van der Waals surface area (Å²) in [4.78, 5) is 26.3. The normalized spacial score (nSPS) is 10.5. The molecule has 0 heterocycles. The Morgan fingerprint density at radius 2 is 1.77 bits per heavy atom. The summed E-state index contributed by atoms with van der Waals surface area (Å²) in [7, 11) is 1.56. The fourth-order valence-corrected chi connectivity index (χ4v) is 2.80. The van der Waals surface area contributed by atoms with Gasteiger partial charge in [0.2, 0.25) is 5.91 Å². The summed E-state index contributed by atoms with van der Waals surface area (Å²) in [5.41, 5.74) is 2.01. The van der Waals surface area contributed by atoms with Crippen LogP contribution in [0.1, 0.15) is 29.8 Å². The molecule has 0 aromatic heterocycles. The number of nitrogens with one attached hydrogen (secondary N) is 1. The number of anilines is 1. The van der Waals surface area contributed by atoms with E-state index in [9.17, 15) is 9.59 Å². The Bertz CT molecular complexity index is 900. The zero-order valence-electron chi connectivity index (χ0n) is 17.7. The molecule has 2 rings (SSSR count). The Kier molecular flexibility index (Phi) is 8.69. The Morgan fingerprint density at radius 1 is 1.07 bits per heavy atom. The van der Waals surface area contributed by atoms with Crippen molar-refractivity contribution < 1.29 is 19.1 Å². The third kappa shape index (κ3) is 6.24. The van der Waals surface area contributed by atoms with Gasteiger partial charge in [0.1, 0.15) is 6.61 Å². The van der Waals surface area contributed by atoms with Gasteiger partial charge < -0.3 is 19.7 Å². The van der Waals surface area contributed by atoms with Gasteiger partial charge in [0.15, 0.2) is 11.5 Å². The molecule has 1 N–H and O–H groups in total. The molecule has 0 unspecified atom stereocenters. The summed E-state index contributed by atoms with van der Waals surface area (Å²) in [6.07, 6.45) is 4.78. The number of benzene rings is 2. The molecule has 0 saturated heterocycles. The van der Waals surface area contributed by atoms with Gasteiger partial charge in [-0.3, -0.25) is 9.59 Å². The molecular weight excluding hydrogens is 380 g/mol. The van der Waals surface area contributed by atoms with Gasteiger partial charge in [0.25, 0.3) is 5.91 Å². The number of hydrogen-bond acceptors (Lipinski definition) is 4. The Balaban J connectivity index is 2.00. The van der Waals surface area contributed by atoms with Crippen LogP contribution in [0.25, 0.3) is 6.08 Å². The summed E-state index contributed by atoms with van der Waals surface area (Å²) in [6, 6.07) is 12.3. The van der Waals surface area contributed by atoms with Crippen molar-refractivity contribution in [2.75, 3.05) is 32.1 Å². The lowest BCUT2D eigenvalue weighted by Gasteiger charge is -2.18. The first-order chi connectivity index (χ1) is 14.5. The molecule has 0 aliphatic heterocycles. The third-order valence-corrected chi connectivity index (χ3v) is 4.42. The molecule has 6 nitrogen and oxygen atoms in total. The SMILES string of the molecule is C=CCOc1ccc(/C=C/C(=O)Nc2ccc(C(=O)N(CC)CC)cc2)cc1OC. The smallest absolute Gasteiger partial charge is 0.253 e. The van der Waals surface area contributed by atoms with Gasteiger partial charge in [-0.2, -0.15) is 0 Å². The summed E-state index contributed by atoms with van der Waals surface area (Å²) < 4.78 is 10.8. The molecule has 2 amide bonds. The molecule has 0 fully saturated rings. The van der Waals surface area contributed by atoms with Crippen LogP contribution in [0, 0.1) is 0 Å². The van der Waals surface area contributed by atoms with Crippen molar-refractivity contribution in [3.63, 3.8) is 0 Å². The van der Waals surface area contributed by atoms with E-state index in [1.807, 2.05) is 19.9 Å². The summed E-state index contributed by atoms with van der Waals surface area (Å²) in [5.74, 6) is 0.891. The topological polar surface area (TPSA) is 67.9 Å². The zero-order valence-corrected chi connectivity index (χ0v) is 17.7. The largest absolute Gasteiger partial charge is 0.493 e. The minimum absolute atomic E-state index is 0.0211. The van der Waals surface area contributed by atoms with E-state index in [1.165, 1.54) is 6.08 Å². The van der Waals surface area contributed by atoms with Crippen LogP contribution in [0.2, 0.25) is 0 Å². The highest BCUT2D eigenvalue weighted by Crippen LogP contribution is 2.28. The van der Waals surface area contributed by atoms with Gasteiger partial charge in [-0.15, -0.1) is 0 Å². The number of carbonyl (C=O) groups is 2. The molecule has 0 radical (unpaired) electrons. The highest BCUT2D eigenvalue weighted by atomic mass is 16.5. The second-order valence-corrected chi connectivity index (χ2v) is 6.39. The van der Waals surface area contributed by atoms with Gasteiger partial charge in [-0.05, 0) is 61.9 Å². The maximum absolute atomic E-state index is 12.3. The standard InChI is InChI=1S/C24H28N2O4/c1-5-16-30-21-14-8-18(17-22(21)29-4)9-15-23(27)25-20-12-10-19(11-13-20)24(28)26(6-2)7-3/h5,8-15,17H,1,6-7,16H2,2-4H3,(H,25,27)/b15-9+. The van der Waals surface area contributed by atoms with E-state index in [2.05, 4.69) is 11.9 Å². The highest BCUT2D eigenvalue weighted by Gasteiger charge is 2.12. The average molecular weight is 408 g/mol. The van der Waals surface area contributed by atoms with Crippen molar-refractivity contribution in [3.8, 4) is 11.5 Å². The van der Waals surface area contributed by atoms with Gasteiger partial charge in [-0.1, -0.05) is 18.7 Å². The Morgan fingerprint density at radius 3 is 2.37 bits per heavy atom. The van der Waals surface area contributed by atoms with Crippen molar-refractivity contribution in [1.82, 2.24) is 4.90 Å². The molecule has 0 aliphatic carbocycles. The molecular formula is C24H28N2O4. The molecule has 2 aromatic carbocycles. The van der Waals surface area contributed by atoms with Crippen molar-refractivity contribution in [3.05, 3.63) is 72.3 Å². The van der Waals surface area contributed by atoms with Gasteiger partial charge in [0.05, 0.1) is 7.11 Å². The van der Waals surface area contributed by atoms with Crippen LogP contribution < -0.4 is 14.8 Å². The molecule has 0 aliphatic rings. The minimum atomic E-state index is -0.274. The number of ether oxygens (including phenoxy) is 2. The predicted molar refractivity (Wildman–Crippen MR) is 120 cm³/mol.